The van der Waals surface area contributed by atoms with Gasteiger partial charge in [0.25, 0.3) is 0 Å². The molecule has 76 valence electrons. The van der Waals surface area contributed by atoms with Gasteiger partial charge in [0.15, 0.2) is 0 Å². The van der Waals surface area contributed by atoms with E-state index in [0.717, 1.165) is 25.7 Å². The van der Waals surface area contributed by atoms with E-state index in [0.29, 0.717) is 0 Å². The minimum atomic E-state index is -0.174. The zero-order valence-corrected chi connectivity index (χ0v) is 8.45. The Morgan fingerprint density at radius 2 is 1.85 bits per heavy atom. The van der Waals surface area contributed by atoms with Crippen molar-refractivity contribution in [2.45, 2.75) is 31.9 Å². The number of piperazine rings is 1. The van der Waals surface area contributed by atoms with Gasteiger partial charge in [-0.15, -0.1) is 0 Å². The van der Waals surface area contributed by atoms with Crippen LogP contribution in [0, 0.1) is 0 Å². The summed E-state index contributed by atoms with van der Waals surface area (Å²) < 4.78 is 0. The van der Waals surface area contributed by atoms with Gasteiger partial charge < -0.3 is 5.11 Å². The van der Waals surface area contributed by atoms with Crippen molar-refractivity contribution >= 4 is 0 Å². The van der Waals surface area contributed by atoms with Crippen molar-refractivity contribution in [1.82, 2.24) is 9.80 Å². The van der Waals surface area contributed by atoms with E-state index in [4.69, 9.17) is 0 Å². The molecule has 0 aromatic carbocycles. The Morgan fingerprint density at radius 1 is 1.23 bits per heavy atom. The average molecular weight is 184 g/mol. The van der Waals surface area contributed by atoms with Gasteiger partial charge in [0, 0.05) is 38.8 Å². The average Bonchev–Trinajstić information content (AvgIpc) is 2.87. The van der Waals surface area contributed by atoms with Crippen LogP contribution >= 0.6 is 0 Å². The van der Waals surface area contributed by atoms with Crippen molar-refractivity contribution in [3.8, 4) is 0 Å². The molecule has 1 heterocycles. The highest BCUT2D eigenvalue weighted by molar-refractivity contribution is 4.87. The number of hydrogen-bond acceptors (Lipinski definition) is 3. The van der Waals surface area contributed by atoms with Crippen LogP contribution in [0.3, 0.4) is 0 Å². The van der Waals surface area contributed by atoms with E-state index in [-0.39, 0.29) is 6.10 Å². The van der Waals surface area contributed by atoms with E-state index in [2.05, 4.69) is 9.80 Å². The van der Waals surface area contributed by atoms with Crippen LogP contribution in [0.1, 0.15) is 19.8 Å². The minimum Gasteiger partial charge on any atom is -0.392 e. The first kappa shape index (κ1) is 9.44. The Hall–Kier alpha value is -0.120. The Morgan fingerprint density at radius 3 is 2.31 bits per heavy atom. The highest BCUT2D eigenvalue weighted by Gasteiger charge is 2.31. The van der Waals surface area contributed by atoms with Gasteiger partial charge in [-0.25, -0.2) is 0 Å². The lowest BCUT2D eigenvalue weighted by atomic mass is 10.3. The molecule has 0 aromatic rings. The second kappa shape index (κ2) is 3.95. The van der Waals surface area contributed by atoms with Gasteiger partial charge in [-0.2, -0.15) is 0 Å². The van der Waals surface area contributed by atoms with Gasteiger partial charge >= 0.3 is 0 Å². The van der Waals surface area contributed by atoms with Crippen LogP contribution < -0.4 is 0 Å². The van der Waals surface area contributed by atoms with E-state index in [1.54, 1.807) is 0 Å². The van der Waals surface area contributed by atoms with Crippen molar-refractivity contribution in [2.24, 2.45) is 0 Å². The van der Waals surface area contributed by atoms with Crippen LogP contribution in [0.5, 0.6) is 0 Å². The van der Waals surface area contributed by atoms with Gasteiger partial charge in [-0.05, 0) is 19.8 Å². The molecule has 1 saturated heterocycles. The van der Waals surface area contributed by atoms with Crippen molar-refractivity contribution < 1.29 is 5.11 Å². The number of nitrogens with zero attached hydrogens (tertiary/aromatic N) is 2. The number of rotatable bonds is 3. The highest BCUT2D eigenvalue weighted by atomic mass is 16.3. The zero-order valence-electron chi connectivity index (χ0n) is 8.45. The maximum atomic E-state index is 9.24. The molecule has 0 unspecified atom stereocenters. The van der Waals surface area contributed by atoms with Crippen molar-refractivity contribution in [3.63, 3.8) is 0 Å². The van der Waals surface area contributed by atoms with Crippen LogP contribution in [0.25, 0.3) is 0 Å². The van der Waals surface area contributed by atoms with E-state index in [9.17, 15) is 5.11 Å². The fourth-order valence-electron chi connectivity index (χ4n) is 2.12. The van der Waals surface area contributed by atoms with Crippen molar-refractivity contribution in [3.05, 3.63) is 0 Å². The number of aliphatic hydroxyl groups excluding tert-OH is 1. The molecule has 0 radical (unpaired) electrons. The Labute approximate surface area is 80.3 Å². The number of hydrogen-bond donors (Lipinski definition) is 1. The van der Waals surface area contributed by atoms with Crippen LogP contribution in [-0.2, 0) is 0 Å². The molecule has 13 heavy (non-hydrogen) atoms. The molecule has 3 nitrogen and oxygen atoms in total. The third kappa shape index (κ3) is 2.66. The summed E-state index contributed by atoms with van der Waals surface area (Å²) in [4.78, 5) is 4.96. The molecular weight excluding hydrogens is 164 g/mol. The Balaban J connectivity index is 1.69. The second-order valence-corrected chi connectivity index (χ2v) is 4.42. The maximum Gasteiger partial charge on any atom is 0.0639 e. The predicted molar refractivity (Wildman–Crippen MR) is 52.7 cm³/mol. The lowest BCUT2D eigenvalue weighted by molar-refractivity contribution is 0.0779. The molecule has 1 saturated carbocycles. The molecule has 2 fully saturated rings. The largest absolute Gasteiger partial charge is 0.392 e. The molecule has 1 atom stereocenters. The SMILES string of the molecule is C[C@@H](O)CN1CCN(C2CC2)CC1. The Kier molecular flexibility index (Phi) is 2.86. The first-order chi connectivity index (χ1) is 6.25. The van der Waals surface area contributed by atoms with Gasteiger partial charge in [0.1, 0.15) is 0 Å². The van der Waals surface area contributed by atoms with Gasteiger partial charge in [-0.1, -0.05) is 0 Å². The molecule has 0 amide bonds. The first-order valence-electron chi connectivity index (χ1n) is 5.40. The summed E-state index contributed by atoms with van der Waals surface area (Å²) in [5.41, 5.74) is 0. The van der Waals surface area contributed by atoms with Crippen molar-refractivity contribution in [2.75, 3.05) is 32.7 Å². The van der Waals surface area contributed by atoms with E-state index >= 15 is 0 Å². The van der Waals surface area contributed by atoms with Gasteiger partial charge in [-0.3, -0.25) is 9.80 Å². The van der Waals surface area contributed by atoms with Crippen molar-refractivity contribution in [1.29, 1.82) is 0 Å². The van der Waals surface area contributed by atoms with E-state index < -0.39 is 0 Å². The topological polar surface area (TPSA) is 26.7 Å². The summed E-state index contributed by atoms with van der Waals surface area (Å²) in [5, 5.41) is 9.24. The van der Waals surface area contributed by atoms with E-state index in [1.807, 2.05) is 6.92 Å². The molecule has 0 bridgehead atoms. The summed E-state index contributed by atoms with van der Waals surface area (Å²) in [5.74, 6) is 0. The van der Waals surface area contributed by atoms with Gasteiger partial charge in [0.05, 0.1) is 6.10 Å². The third-order valence-electron chi connectivity index (χ3n) is 2.99. The number of β-amino-alcohol motifs (C(OH)–C–C–N with tert-alkyl or cyclic N) is 1. The summed E-state index contributed by atoms with van der Waals surface area (Å²) in [6, 6.07) is 0.911. The smallest absolute Gasteiger partial charge is 0.0639 e. The normalized spacial score (nSPS) is 29.1. The standard InChI is InChI=1S/C10H20N2O/c1-9(13)8-11-4-6-12(7-5-11)10-2-3-10/h9-10,13H,2-8H2,1H3/t9-/m1/s1. The van der Waals surface area contributed by atoms with Crippen LogP contribution in [0.15, 0.2) is 0 Å². The quantitative estimate of drug-likeness (QED) is 0.676. The molecule has 1 N–H and O–H groups in total. The molecular formula is C10H20N2O. The summed E-state index contributed by atoms with van der Waals surface area (Å²) >= 11 is 0. The number of aliphatic hydroxyl groups is 1. The zero-order chi connectivity index (χ0) is 9.26. The first-order valence-corrected chi connectivity index (χ1v) is 5.40. The molecule has 2 rings (SSSR count). The molecule has 0 aromatic heterocycles. The van der Waals surface area contributed by atoms with E-state index in [1.165, 1.54) is 25.9 Å². The molecule has 1 aliphatic heterocycles. The summed E-state index contributed by atoms with van der Waals surface area (Å²) in [6.07, 6.45) is 2.65. The summed E-state index contributed by atoms with van der Waals surface area (Å²) in [7, 11) is 0. The second-order valence-electron chi connectivity index (χ2n) is 4.42. The fourth-order valence-corrected chi connectivity index (χ4v) is 2.12. The molecule has 0 spiro atoms. The molecule has 2 aliphatic rings. The molecule has 3 heteroatoms. The lowest BCUT2D eigenvalue weighted by Crippen LogP contribution is -2.48. The Bertz CT molecular complexity index is 160. The monoisotopic (exact) mass is 184 g/mol. The predicted octanol–water partition coefficient (Wildman–Crippen LogP) is 0.147. The lowest BCUT2D eigenvalue weighted by Gasteiger charge is -2.35. The third-order valence-corrected chi connectivity index (χ3v) is 2.99. The summed E-state index contributed by atoms with van der Waals surface area (Å²) in [6.45, 7) is 7.41. The molecule has 1 aliphatic carbocycles. The maximum absolute atomic E-state index is 9.24. The fraction of sp³-hybridized carbons (Fsp3) is 1.00. The van der Waals surface area contributed by atoms with Crippen LogP contribution in [0.4, 0.5) is 0 Å². The van der Waals surface area contributed by atoms with Crippen LogP contribution in [0.2, 0.25) is 0 Å². The minimum absolute atomic E-state index is 0.174. The van der Waals surface area contributed by atoms with Crippen LogP contribution in [-0.4, -0.2) is 59.8 Å². The van der Waals surface area contributed by atoms with Gasteiger partial charge in [0.2, 0.25) is 0 Å². The highest BCUT2D eigenvalue weighted by Crippen LogP contribution is 2.27.